The number of hydrogen-bond donors (Lipinski definition) is 1. The van der Waals surface area contributed by atoms with Gasteiger partial charge in [0, 0.05) is 17.2 Å². The van der Waals surface area contributed by atoms with Gasteiger partial charge >= 0.3 is 0 Å². The largest absolute Gasteiger partial charge is 0.354 e. The number of anilines is 2. The molecule has 0 fully saturated rings. The number of rotatable bonds is 2. The molecule has 12 rings (SSSR count). The molecule has 0 saturated carbocycles. The molecule has 1 N–H and O–H groups in total. The average molecular weight is 657 g/mol. The number of fused-ring (bicyclic) bond motifs is 14. The van der Waals surface area contributed by atoms with Crippen molar-refractivity contribution < 1.29 is 0 Å². The van der Waals surface area contributed by atoms with Gasteiger partial charge in [0.2, 0.25) is 0 Å². The second kappa shape index (κ2) is 10.3. The van der Waals surface area contributed by atoms with E-state index in [2.05, 4.69) is 189 Å². The highest BCUT2D eigenvalue weighted by Gasteiger charge is 2.50. The van der Waals surface area contributed by atoms with Crippen LogP contribution in [0.4, 0.5) is 11.4 Å². The molecular weight excluding hydrogens is 625 g/mol. The van der Waals surface area contributed by atoms with E-state index >= 15 is 0 Å². The maximum absolute atomic E-state index is 4.04. The molecule has 1 atom stereocenters. The minimum atomic E-state index is -0.451. The normalized spacial score (nSPS) is 15.6. The SMILES string of the molecule is [B]1c2cccc3c2C(c2ccccc2-3)c2cc(-c3ccccc3)cc(-c3cccc4c3Nc3ccccc3C43c4ccccc4-c4ccccc43)c21. The van der Waals surface area contributed by atoms with Crippen LogP contribution in [0.5, 0.6) is 0 Å². The second-order valence-electron chi connectivity index (χ2n) is 14.6. The molecule has 52 heavy (non-hydrogen) atoms. The molecule has 8 aromatic carbocycles. The van der Waals surface area contributed by atoms with Gasteiger partial charge in [-0.3, -0.25) is 0 Å². The molecule has 0 bridgehead atoms. The standard InChI is InChI=1S/C50H31BN/c1-2-14-30(15-3-1)31-28-38(48-39(29-31)46-35-19-5-4-16-32(35)36-20-13-26-44(51-48)47(36)46)37-21-12-25-43-49(37)52-45-27-11-10-24-42(45)50(43)40-22-8-6-17-33(40)34-18-7-9-23-41(34)50/h1-29,46,52H. The van der Waals surface area contributed by atoms with Crippen molar-refractivity contribution in [1.82, 2.24) is 0 Å². The van der Waals surface area contributed by atoms with Gasteiger partial charge < -0.3 is 5.32 Å². The minimum absolute atomic E-state index is 0.179. The highest BCUT2D eigenvalue weighted by molar-refractivity contribution is 6.71. The van der Waals surface area contributed by atoms with Gasteiger partial charge in [0.05, 0.1) is 11.1 Å². The van der Waals surface area contributed by atoms with Crippen LogP contribution in [0.2, 0.25) is 0 Å². The van der Waals surface area contributed by atoms with Crippen LogP contribution in [0.15, 0.2) is 176 Å². The summed E-state index contributed by atoms with van der Waals surface area (Å²) in [7, 11) is 2.47. The van der Waals surface area contributed by atoms with Crippen molar-refractivity contribution in [2.45, 2.75) is 11.3 Å². The monoisotopic (exact) mass is 656 g/mol. The third-order valence-electron chi connectivity index (χ3n) is 12.2. The van der Waals surface area contributed by atoms with E-state index in [9.17, 15) is 0 Å². The van der Waals surface area contributed by atoms with Gasteiger partial charge in [-0.05, 0) is 90.0 Å². The summed E-state index contributed by atoms with van der Waals surface area (Å²) in [6.45, 7) is 0. The Hall–Kier alpha value is -6.38. The highest BCUT2D eigenvalue weighted by Crippen LogP contribution is 2.62. The van der Waals surface area contributed by atoms with Crippen LogP contribution in [-0.4, -0.2) is 7.28 Å². The van der Waals surface area contributed by atoms with E-state index in [1.54, 1.807) is 0 Å². The summed E-state index contributed by atoms with van der Waals surface area (Å²) in [5.41, 5.74) is 24.3. The van der Waals surface area contributed by atoms with Crippen LogP contribution >= 0.6 is 0 Å². The Morgan fingerprint density at radius 2 is 1.04 bits per heavy atom. The summed E-state index contributed by atoms with van der Waals surface area (Å²) in [5, 5.41) is 4.04. The predicted molar refractivity (Wildman–Crippen MR) is 216 cm³/mol. The van der Waals surface area contributed by atoms with Crippen molar-refractivity contribution in [1.29, 1.82) is 0 Å². The van der Waals surface area contributed by atoms with Gasteiger partial charge in [-0.25, -0.2) is 0 Å². The molecule has 2 aliphatic carbocycles. The maximum Gasteiger partial charge on any atom is 0.193 e. The Balaban J connectivity index is 1.18. The van der Waals surface area contributed by atoms with Crippen LogP contribution in [-0.2, 0) is 5.41 Å². The lowest BCUT2D eigenvalue weighted by atomic mass is 9.52. The van der Waals surface area contributed by atoms with Gasteiger partial charge in [0.15, 0.2) is 7.28 Å². The molecule has 1 unspecified atom stereocenters. The number of para-hydroxylation sites is 2. The van der Waals surface area contributed by atoms with Crippen LogP contribution in [0.3, 0.4) is 0 Å². The lowest BCUT2D eigenvalue weighted by molar-refractivity contribution is 0.763. The fraction of sp³-hybridized carbons (Fsp3) is 0.0400. The molecule has 1 radical (unpaired) electrons. The van der Waals surface area contributed by atoms with Crippen molar-refractivity contribution in [3.05, 3.63) is 215 Å². The third kappa shape index (κ3) is 3.54. The Bertz CT molecular complexity index is 2770. The molecule has 2 heterocycles. The quantitative estimate of drug-likeness (QED) is 0.183. The van der Waals surface area contributed by atoms with Gasteiger partial charge in [-0.15, -0.1) is 0 Å². The van der Waals surface area contributed by atoms with Gasteiger partial charge in [0.1, 0.15) is 0 Å². The van der Waals surface area contributed by atoms with Crippen molar-refractivity contribution in [3.8, 4) is 44.5 Å². The van der Waals surface area contributed by atoms with Crippen molar-refractivity contribution in [3.63, 3.8) is 0 Å². The fourth-order valence-electron chi connectivity index (χ4n) is 10.2. The van der Waals surface area contributed by atoms with E-state index in [1.807, 2.05) is 0 Å². The third-order valence-corrected chi connectivity index (χ3v) is 12.2. The van der Waals surface area contributed by atoms with Gasteiger partial charge in [-0.2, -0.15) is 0 Å². The molecule has 4 aliphatic rings. The smallest absolute Gasteiger partial charge is 0.193 e. The van der Waals surface area contributed by atoms with Crippen molar-refractivity contribution >= 4 is 29.6 Å². The first-order valence-electron chi connectivity index (χ1n) is 18.3. The first-order valence-corrected chi connectivity index (χ1v) is 18.3. The number of hydrogen-bond acceptors (Lipinski definition) is 1. The minimum Gasteiger partial charge on any atom is -0.354 e. The molecule has 2 heteroatoms. The zero-order valence-corrected chi connectivity index (χ0v) is 28.4. The van der Waals surface area contributed by atoms with E-state index in [1.165, 1.54) is 100 Å². The van der Waals surface area contributed by atoms with Crippen LogP contribution in [0.1, 0.15) is 44.9 Å². The van der Waals surface area contributed by atoms with E-state index in [0.717, 1.165) is 5.69 Å². The molecule has 2 aliphatic heterocycles. The Labute approximate surface area is 304 Å². The fourth-order valence-corrected chi connectivity index (χ4v) is 10.2. The Morgan fingerprint density at radius 1 is 0.423 bits per heavy atom. The van der Waals surface area contributed by atoms with Crippen molar-refractivity contribution in [2.75, 3.05) is 5.32 Å². The highest BCUT2D eigenvalue weighted by atomic mass is 14.9. The van der Waals surface area contributed by atoms with Gasteiger partial charge in [-0.1, -0.05) is 175 Å². The second-order valence-corrected chi connectivity index (χ2v) is 14.6. The molecule has 1 nitrogen and oxygen atoms in total. The van der Waals surface area contributed by atoms with E-state index in [4.69, 9.17) is 0 Å². The molecule has 1 spiro atoms. The maximum atomic E-state index is 4.04. The topological polar surface area (TPSA) is 12.0 Å². The van der Waals surface area contributed by atoms with Crippen molar-refractivity contribution in [2.24, 2.45) is 0 Å². The number of benzene rings is 8. The summed E-state index contributed by atoms with van der Waals surface area (Å²) < 4.78 is 0. The first-order chi connectivity index (χ1) is 25.8. The molecule has 0 saturated heterocycles. The van der Waals surface area contributed by atoms with Crippen LogP contribution in [0.25, 0.3) is 44.5 Å². The number of nitrogens with one attached hydrogen (secondary N) is 1. The Morgan fingerprint density at radius 3 is 1.85 bits per heavy atom. The lowest BCUT2D eigenvalue weighted by Gasteiger charge is -2.41. The summed E-state index contributed by atoms with van der Waals surface area (Å²) in [6, 6.07) is 65.7. The molecule has 0 aromatic heterocycles. The zero-order chi connectivity index (χ0) is 34.0. The van der Waals surface area contributed by atoms with E-state index < -0.39 is 5.41 Å². The predicted octanol–water partition coefficient (Wildman–Crippen LogP) is 10.6. The van der Waals surface area contributed by atoms with E-state index in [0.29, 0.717) is 0 Å². The Kier molecular flexibility index (Phi) is 5.63. The first kappa shape index (κ1) is 28.3. The van der Waals surface area contributed by atoms with E-state index in [-0.39, 0.29) is 5.92 Å². The van der Waals surface area contributed by atoms with Gasteiger partial charge in [0.25, 0.3) is 0 Å². The van der Waals surface area contributed by atoms with Crippen LogP contribution in [0, 0.1) is 0 Å². The average Bonchev–Trinajstić information content (AvgIpc) is 3.70. The molecular formula is C50H31BN. The molecule has 239 valence electrons. The lowest BCUT2D eigenvalue weighted by Crippen LogP contribution is -2.40. The summed E-state index contributed by atoms with van der Waals surface area (Å²) >= 11 is 0. The summed E-state index contributed by atoms with van der Waals surface area (Å²) in [5.74, 6) is 0.179. The summed E-state index contributed by atoms with van der Waals surface area (Å²) in [4.78, 5) is 0. The van der Waals surface area contributed by atoms with Crippen LogP contribution < -0.4 is 16.2 Å². The molecule has 8 aromatic rings. The molecule has 0 amide bonds. The summed E-state index contributed by atoms with van der Waals surface area (Å²) in [6.07, 6.45) is 0. The zero-order valence-electron chi connectivity index (χ0n) is 28.4.